The lowest BCUT2D eigenvalue weighted by atomic mass is 10.1. The predicted molar refractivity (Wildman–Crippen MR) is 139 cm³/mol. The lowest BCUT2D eigenvalue weighted by Crippen LogP contribution is -2.15. The van der Waals surface area contributed by atoms with Gasteiger partial charge in [0, 0.05) is 24.7 Å². The fraction of sp³-hybridized carbons (Fsp3) is 0.519. The van der Waals surface area contributed by atoms with Gasteiger partial charge in [-0.15, -0.1) is 10.2 Å². The number of alkyl halides is 2. The summed E-state index contributed by atoms with van der Waals surface area (Å²) < 4.78 is 32.8. The van der Waals surface area contributed by atoms with Crippen molar-refractivity contribution in [1.29, 1.82) is 0 Å². The summed E-state index contributed by atoms with van der Waals surface area (Å²) in [6.07, 6.45) is 9.01. The molecule has 0 aliphatic carbocycles. The molecule has 0 amide bonds. The number of halogens is 2. The number of benzene rings is 1. The highest BCUT2D eigenvalue weighted by atomic mass is 19.3. The van der Waals surface area contributed by atoms with Crippen molar-refractivity contribution in [3.8, 4) is 17.2 Å². The molecule has 0 saturated carbocycles. The first-order chi connectivity index (χ1) is 18.0. The Hall–Kier alpha value is -3.43. The van der Waals surface area contributed by atoms with Crippen LogP contribution in [-0.4, -0.2) is 40.0 Å². The van der Waals surface area contributed by atoms with Gasteiger partial charge in [-0.2, -0.15) is 8.78 Å². The van der Waals surface area contributed by atoms with E-state index in [9.17, 15) is 8.78 Å². The van der Waals surface area contributed by atoms with E-state index in [4.69, 9.17) is 0 Å². The van der Waals surface area contributed by atoms with Crippen LogP contribution < -0.4 is 0 Å². The lowest BCUT2D eigenvalue weighted by Gasteiger charge is -2.11. The minimum atomic E-state index is -3.01. The van der Waals surface area contributed by atoms with Crippen LogP contribution in [0, 0.1) is 0 Å². The first kappa shape index (κ1) is 26.6. The second kappa shape index (κ2) is 12.2. The fourth-order valence-electron chi connectivity index (χ4n) is 4.52. The SMILES string of the molecule is CCCCCc1ccn(-c2ccc(Cn3nc(C(F)(F)CCC)nc3CCCC)cc2)c1-c1nnn[nH]1. The summed E-state index contributed by atoms with van der Waals surface area (Å²) >= 11 is 0. The first-order valence-corrected chi connectivity index (χ1v) is 13.3. The van der Waals surface area contributed by atoms with Gasteiger partial charge in [0.2, 0.25) is 5.82 Å². The summed E-state index contributed by atoms with van der Waals surface area (Å²) in [5.74, 6) is -2.14. The first-order valence-electron chi connectivity index (χ1n) is 13.3. The molecule has 0 aliphatic rings. The molecule has 0 fully saturated rings. The second-order valence-electron chi connectivity index (χ2n) is 9.50. The zero-order chi connectivity index (χ0) is 26.3. The number of nitrogens with zero attached hydrogens (tertiary/aromatic N) is 7. The quantitative estimate of drug-likeness (QED) is 0.202. The minimum absolute atomic E-state index is 0.251. The predicted octanol–water partition coefficient (Wildman–Crippen LogP) is 6.26. The molecule has 4 aromatic rings. The third-order valence-corrected chi connectivity index (χ3v) is 6.53. The van der Waals surface area contributed by atoms with E-state index in [1.165, 1.54) is 12.0 Å². The van der Waals surface area contributed by atoms with Gasteiger partial charge < -0.3 is 4.57 Å². The molecule has 0 spiro atoms. The largest absolute Gasteiger partial charge is 0.314 e. The number of unbranched alkanes of at least 4 members (excludes halogenated alkanes) is 3. The highest BCUT2D eigenvalue weighted by molar-refractivity contribution is 5.60. The van der Waals surface area contributed by atoms with Gasteiger partial charge in [-0.1, -0.05) is 52.2 Å². The van der Waals surface area contributed by atoms with E-state index in [-0.39, 0.29) is 12.2 Å². The van der Waals surface area contributed by atoms with Crippen LogP contribution in [0.2, 0.25) is 0 Å². The van der Waals surface area contributed by atoms with Gasteiger partial charge in [0.05, 0.1) is 12.2 Å². The van der Waals surface area contributed by atoms with Gasteiger partial charge >= 0.3 is 5.92 Å². The van der Waals surface area contributed by atoms with Crippen LogP contribution in [0.15, 0.2) is 36.5 Å². The molecule has 0 radical (unpaired) electrons. The summed E-state index contributed by atoms with van der Waals surface area (Å²) in [7, 11) is 0. The topological polar surface area (TPSA) is 90.1 Å². The Labute approximate surface area is 216 Å². The van der Waals surface area contributed by atoms with Crippen LogP contribution >= 0.6 is 0 Å². The number of hydrogen-bond donors (Lipinski definition) is 1. The van der Waals surface area contributed by atoms with Gasteiger partial charge in [-0.25, -0.2) is 14.8 Å². The number of aromatic amines is 1. The van der Waals surface area contributed by atoms with Crippen molar-refractivity contribution in [1.82, 2.24) is 40.0 Å². The van der Waals surface area contributed by atoms with Gasteiger partial charge in [-0.3, -0.25) is 0 Å². The van der Waals surface area contributed by atoms with E-state index in [1.54, 1.807) is 11.6 Å². The number of aryl methyl sites for hydroxylation is 2. The third-order valence-electron chi connectivity index (χ3n) is 6.53. The number of nitrogens with one attached hydrogen (secondary N) is 1. The number of aromatic nitrogens is 8. The van der Waals surface area contributed by atoms with Crippen LogP contribution in [0.25, 0.3) is 17.2 Å². The van der Waals surface area contributed by atoms with Crippen molar-refractivity contribution in [3.63, 3.8) is 0 Å². The highest BCUT2D eigenvalue weighted by Crippen LogP contribution is 2.31. The maximum Gasteiger partial charge on any atom is 0.308 e. The standard InChI is InChI=1S/C27H36F2N8/c1-4-7-9-10-21-16-18-36(24(21)25-31-34-35-32-25)22-14-12-20(13-15-22)19-37-23(11-8-5-2)30-26(33-37)27(28,29)17-6-3/h12-16,18H,4-11,17,19H2,1-3H3,(H,31,32,34,35). The Kier molecular flexibility index (Phi) is 8.78. The van der Waals surface area contributed by atoms with Gasteiger partial charge in [0.15, 0.2) is 5.82 Å². The average Bonchev–Trinajstić information content (AvgIpc) is 3.64. The molecular weight excluding hydrogens is 474 g/mol. The van der Waals surface area contributed by atoms with E-state index < -0.39 is 5.92 Å². The number of rotatable bonds is 14. The molecule has 4 rings (SSSR count). The van der Waals surface area contributed by atoms with Crippen molar-refractivity contribution in [2.45, 2.75) is 91.0 Å². The number of H-pyrrole nitrogens is 1. The monoisotopic (exact) mass is 510 g/mol. The molecule has 0 saturated heterocycles. The Morgan fingerprint density at radius 3 is 2.38 bits per heavy atom. The summed E-state index contributed by atoms with van der Waals surface area (Å²) in [6, 6.07) is 10.2. The molecule has 198 valence electrons. The Morgan fingerprint density at radius 1 is 0.919 bits per heavy atom. The van der Waals surface area contributed by atoms with Crippen molar-refractivity contribution in [2.75, 3.05) is 0 Å². The van der Waals surface area contributed by atoms with Crippen molar-refractivity contribution < 1.29 is 8.78 Å². The second-order valence-corrected chi connectivity index (χ2v) is 9.50. The summed E-state index contributed by atoms with van der Waals surface area (Å²) in [5.41, 5.74) is 4.08. The number of tetrazole rings is 1. The molecule has 8 nitrogen and oxygen atoms in total. The van der Waals surface area contributed by atoms with Crippen molar-refractivity contribution in [2.24, 2.45) is 0 Å². The molecule has 37 heavy (non-hydrogen) atoms. The molecule has 0 bridgehead atoms. The lowest BCUT2D eigenvalue weighted by molar-refractivity contribution is -0.0232. The molecule has 3 aromatic heterocycles. The summed E-state index contributed by atoms with van der Waals surface area (Å²) in [4.78, 5) is 4.25. The Bertz CT molecular complexity index is 1240. The molecule has 0 atom stereocenters. The van der Waals surface area contributed by atoms with Crippen LogP contribution in [0.4, 0.5) is 8.78 Å². The van der Waals surface area contributed by atoms with Crippen LogP contribution in [0.1, 0.15) is 88.5 Å². The maximum absolute atomic E-state index is 14.5. The summed E-state index contributed by atoms with van der Waals surface area (Å²) in [6.45, 7) is 6.40. The van der Waals surface area contributed by atoms with Crippen molar-refractivity contribution >= 4 is 0 Å². The summed E-state index contributed by atoms with van der Waals surface area (Å²) in [5, 5.41) is 18.8. The van der Waals surface area contributed by atoms with Crippen LogP contribution in [-0.2, 0) is 25.3 Å². The minimum Gasteiger partial charge on any atom is -0.314 e. The Morgan fingerprint density at radius 2 is 1.70 bits per heavy atom. The van der Waals surface area contributed by atoms with Crippen LogP contribution in [0.5, 0.6) is 0 Å². The van der Waals surface area contributed by atoms with E-state index >= 15 is 0 Å². The van der Waals surface area contributed by atoms with Gasteiger partial charge in [0.1, 0.15) is 5.82 Å². The van der Waals surface area contributed by atoms with E-state index in [2.05, 4.69) is 55.2 Å². The molecule has 1 N–H and O–H groups in total. The molecule has 10 heteroatoms. The van der Waals surface area contributed by atoms with Gasteiger partial charge in [-0.05, 0) is 65.4 Å². The molecule has 0 aliphatic heterocycles. The van der Waals surface area contributed by atoms with E-state index in [0.717, 1.165) is 49.0 Å². The smallest absolute Gasteiger partial charge is 0.308 e. The Balaban J connectivity index is 1.59. The fourth-order valence-corrected chi connectivity index (χ4v) is 4.52. The molecule has 0 unspecified atom stereocenters. The molecular formula is C27H36F2N8. The normalized spacial score (nSPS) is 11.9. The van der Waals surface area contributed by atoms with Crippen LogP contribution in [0.3, 0.4) is 0 Å². The number of hydrogen-bond acceptors (Lipinski definition) is 5. The van der Waals surface area contributed by atoms with Crippen molar-refractivity contribution in [3.05, 3.63) is 59.3 Å². The molecule has 1 aromatic carbocycles. The molecule has 3 heterocycles. The van der Waals surface area contributed by atoms with Gasteiger partial charge in [0.25, 0.3) is 0 Å². The average molecular weight is 511 g/mol. The zero-order valence-electron chi connectivity index (χ0n) is 21.9. The van der Waals surface area contributed by atoms with E-state index in [1.807, 2.05) is 30.5 Å². The highest BCUT2D eigenvalue weighted by Gasteiger charge is 2.36. The van der Waals surface area contributed by atoms with E-state index in [0.29, 0.717) is 31.0 Å². The third kappa shape index (κ3) is 6.29. The maximum atomic E-state index is 14.5. The zero-order valence-corrected chi connectivity index (χ0v) is 21.9.